The summed E-state index contributed by atoms with van der Waals surface area (Å²) in [4.78, 5) is 31.7. The van der Waals surface area contributed by atoms with E-state index in [0.717, 1.165) is 205 Å². The maximum absolute atomic E-state index is 9.83. The normalized spacial score (nSPS) is 16.4. The Morgan fingerprint density at radius 2 is 0.717 bits per heavy atom. The fraction of sp³-hybridized carbons (Fsp3) is 0.302. The minimum Gasteiger partial charge on any atom is -0.492 e. The minimum atomic E-state index is 0.0821. The van der Waals surface area contributed by atoms with Gasteiger partial charge in [0, 0.05) is 173 Å². The maximum Gasteiger partial charge on any atom is 0.137 e. The lowest BCUT2D eigenvalue weighted by atomic mass is 10.0. The molecule has 3 N–H and O–H groups in total. The van der Waals surface area contributed by atoms with E-state index in [1.807, 2.05) is 79.0 Å². The molecule has 534 valence electrons. The van der Waals surface area contributed by atoms with E-state index in [1.54, 1.807) is 12.4 Å². The first-order chi connectivity index (χ1) is 52.3. The number of aromatic nitrogens is 6. The van der Waals surface area contributed by atoms with Gasteiger partial charge in [-0.15, -0.1) is 0 Å². The van der Waals surface area contributed by atoms with Gasteiger partial charge >= 0.3 is 0 Å². The third kappa shape index (κ3) is 15.8. The Balaban J connectivity index is 0.000000122. The molecule has 106 heavy (non-hydrogen) atoms. The lowest BCUT2D eigenvalue weighted by Crippen LogP contribution is -2.36. The van der Waals surface area contributed by atoms with Crippen LogP contribution in [0.15, 0.2) is 182 Å². The molecule has 6 fully saturated rings. The largest absolute Gasteiger partial charge is 0.492 e. The van der Waals surface area contributed by atoms with Crippen LogP contribution in [0.5, 0.6) is 17.2 Å². The quantitative estimate of drug-likeness (QED) is 0.0814. The van der Waals surface area contributed by atoms with Crippen molar-refractivity contribution in [3.05, 3.63) is 199 Å². The second-order valence-electron chi connectivity index (χ2n) is 27.4. The average molecular weight is 1410 g/mol. The van der Waals surface area contributed by atoms with E-state index in [-0.39, 0.29) is 12.2 Å². The smallest absolute Gasteiger partial charge is 0.137 e. The van der Waals surface area contributed by atoms with Crippen molar-refractivity contribution in [2.45, 2.75) is 50.7 Å². The van der Waals surface area contributed by atoms with Crippen molar-refractivity contribution in [1.29, 1.82) is 15.8 Å². The molecule has 0 atom stereocenters. The SMILES string of the molecule is N#Cc1cc(-c2nccc3[nH]c(-c4ccc(N5CCOCC5)cc4)cc23)ccc1OC1CCOCC1.N#Cc1cc(-c2nccc3[nH]c(-c4ccc(N5CCOCC5)cc4)cc23)ccc1OCC1CC1.N#Cc1cc(-c2nccc3[nH]c(-c4cccc(N5CCOCC5)c4)cc23)ccc1OC1CCOCC1. The number of nitrogens with one attached hydrogen (secondary N) is 3. The Labute approximate surface area is 615 Å². The molecule has 0 unspecified atom stereocenters. The summed E-state index contributed by atoms with van der Waals surface area (Å²) in [6, 6.07) is 62.5. The Morgan fingerprint density at radius 3 is 1.11 bits per heavy atom. The lowest BCUT2D eigenvalue weighted by Gasteiger charge is -2.29. The minimum absolute atomic E-state index is 0.0821. The highest BCUT2D eigenvalue weighted by Gasteiger charge is 2.25. The van der Waals surface area contributed by atoms with Crippen LogP contribution in [-0.4, -0.2) is 154 Å². The van der Waals surface area contributed by atoms with Crippen LogP contribution in [-0.2, 0) is 23.7 Å². The summed E-state index contributed by atoms with van der Waals surface area (Å²) >= 11 is 0. The second kappa shape index (κ2) is 32.2. The first-order valence-electron chi connectivity index (χ1n) is 36.8. The maximum atomic E-state index is 9.83. The van der Waals surface area contributed by atoms with Crippen molar-refractivity contribution < 1.29 is 37.9 Å². The molecule has 20 heteroatoms. The lowest BCUT2D eigenvalue weighted by molar-refractivity contribution is 0.0252. The zero-order chi connectivity index (χ0) is 71.6. The molecular formula is C86H82N12O8. The Bertz CT molecular complexity index is 5190. The molecule has 0 bridgehead atoms. The summed E-state index contributed by atoms with van der Waals surface area (Å²) in [5.41, 5.74) is 20.0. The molecule has 1 saturated carbocycles. The fourth-order valence-corrected chi connectivity index (χ4v) is 14.4. The molecular weight excluding hydrogens is 1330 g/mol. The molecule has 5 aliphatic heterocycles. The number of fused-ring (bicyclic) bond motifs is 3. The molecule has 6 aromatic carbocycles. The molecule has 11 heterocycles. The Morgan fingerprint density at radius 1 is 0.358 bits per heavy atom. The number of hydrogen-bond acceptors (Lipinski definition) is 17. The molecule has 1 aliphatic carbocycles. The number of pyridine rings is 3. The molecule has 6 aliphatic rings. The highest BCUT2D eigenvalue weighted by molar-refractivity contribution is 5.99. The van der Waals surface area contributed by atoms with Crippen LogP contribution < -0.4 is 28.9 Å². The van der Waals surface area contributed by atoms with E-state index in [0.29, 0.717) is 72.9 Å². The monoisotopic (exact) mass is 1410 g/mol. The highest BCUT2D eigenvalue weighted by Crippen LogP contribution is 2.40. The number of ether oxygens (including phenoxy) is 8. The van der Waals surface area contributed by atoms with Crippen LogP contribution >= 0.6 is 0 Å². The molecule has 12 aromatic rings. The van der Waals surface area contributed by atoms with Crippen LogP contribution in [0.25, 0.3) is 100 Å². The zero-order valence-corrected chi connectivity index (χ0v) is 59.1. The third-order valence-corrected chi connectivity index (χ3v) is 20.5. The standard InChI is InChI=1S/2C29H28N4O3.C28H26N4O2/c30-19-22-17-21(3-6-28(22)36-24-8-13-34-14-9-24)29-25-18-27(32-26(25)7-10-31-29)20-1-4-23(5-2-20)33-11-15-35-16-12-33;30-19-22-16-21(4-5-28(22)36-24-7-12-34-13-8-24)29-25-18-27(32-26(25)6-9-31-29)20-2-1-3-23(17-20)33-10-14-35-15-11-33;29-17-22-15-21(5-8-27(22)34-18-19-1-2-19)28-24-16-26(31-25(24)9-10-30-28)20-3-6-23(7-4-20)32-11-13-33-14-12-32/h1-7,10,17-18,24,32H,8-9,11-16H2;1-6,9,16-18,24,32H,7-8,10-15H2;3-10,15-16,19,31H,1-2,11-14,18H2. The molecule has 6 aromatic heterocycles. The summed E-state index contributed by atoms with van der Waals surface area (Å²) in [6.45, 7) is 13.6. The first-order valence-corrected chi connectivity index (χ1v) is 36.8. The molecule has 20 nitrogen and oxygen atoms in total. The first kappa shape index (κ1) is 68.9. The van der Waals surface area contributed by atoms with E-state index >= 15 is 0 Å². The topological polar surface area (TPSA) is 241 Å². The van der Waals surface area contributed by atoms with Crippen LogP contribution in [0.1, 0.15) is 55.2 Å². The van der Waals surface area contributed by atoms with E-state index in [9.17, 15) is 15.8 Å². The Hall–Kier alpha value is -11.5. The number of anilines is 3. The van der Waals surface area contributed by atoms with E-state index in [1.165, 1.54) is 29.9 Å². The summed E-state index contributed by atoms with van der Waals surface area (Å²) in [7, 11) is 0. The number of morpholine rings is 3. The predicted molar refractivity (Wildman–Crippen MR) is 411 cm³/mol. The van der Waals surface area contributed by atoms with E-state index < -0.39 is 0 Å². The third-order valence-electron chi connectivity index (χ3n) is 20.5. The molecule has 0 amide bonds. The highest BCUT2D eigenvalue weighted by atomic mass is 16.5. The van der Waals surface area contributed by atoms with E-state index in [4.69, 9.17) is 37.9 Å². The zero-order valence-electron chi connectivity index (χ0n) is 59.1. The van der Waals surface area contributed by atoms with Gasteiger partial charge in [-0.2, -0.15) is 15.8 Å². The van der Waals surface area contributed by atoms with Crippen molar-refractivity contribution in [1.82, 2.24) is 29.9 Å². The van der Waals surface area contributed by atoms with Crippen LogP contribution in [0.3, 0.4) is 0 Å². The summed E-state index contributed by atoms with van der Waals surface area (Å²) in [5, 5.41) is 32.4. The van der Waals surface area contributed by atoms with Gasteiger partial charge in [0.2, 0.25) is 0 Å². The van der Waals surface area contributed by atoms with E-state index in [2.05, 4.69) is 154 Å². The van der Waals surface area contributed by atoms with Crippen molar-refractivity contribution in [2.24, 2.45) is 5.92 Å². The van der Waals surface area contributed by atoms with Gasteiger partial charge in [-0.25, -0.2) is 0 Å². The van der Waals surface area contributed by atoms with Gasteiger partial charge in [-0.1, -0.05) is 36.4 Å². The number of rotatable bonds is 16. The number of hydrogen-bond donors (Lipinski definition) is 3. The Kier molecular flexibility index (Phi) is 20.9. The van der Waals surface area contributed by atoms with Gasteiger partial charge in [0.25, 0.3) is 0 Å². The number of aromatic amines is 3. The summed E-state index contributed by atoms with van der Waals surface area (Å²) in [5.74, 6) is 2.54. The summed E-state index contributed by atoms with van der Waals surface area (Å²) in [6.07, 6.45) is 11.4. The van der Waals surface area contributed by atoms with Crippen molar-refractivity contribution >= 4 is 49.8 Å². The van der Waals surface area contributed by atoms with Crippen molar-refractivity contribution in [3.63, 3.8) is 0 Å². The van der Waals surface area contributed by atoms with Gasteiger partial charge < -0.3 is 67.5 Å². The predicted octanol–water partition coefficient (Wildman–Crippen LogP) is 15.7. The number of benzene rings is 6. The summed E-state index contributed by atoms with van der Waals surface area (Å²) < 4.78 is 45.4. The molecule has 5 saturated heterocycles. The van der Waals surface area contributed by atoms with Gasteiger partial charge in [-0.3, -0.25) is 15.0 Å². The van der Waals surface area contributed by atoms with Gasteiger partial charge in [0.1, 0.15) is 47.7 Å². The van der Waals surface area contributed by atoms with Crippen molar-refractivity contribution in [2.75, 3.05) is 127 Å². The van der Waals surface area contributed by atoms with Crippen LogP contribution in [0.4, 0.5) is 17.1 Å². The van der Waals surface area contributed by atoms with Crippen LogP contribution in [0, 0.1) is 39.9 Å². The van der Waals surface area contributed by atoms with Crippen molar-refractivity contribution in [3.8, 4) is 103 Å². The second-order valence-corrected chi connectivity index (χ2v) is 27.4. The fourth-order valence-electron chi connectivity index (χ4n) is 14.4. The molecule has 0 radical (unpaired) electrons. The van der Waals surface area contributed by atoms with Gasteiger partial charge in [0.05, 0.1) is 106 Å². The van der Waals surface area contributed by atoms with Crippen LogP contribution in [0.2, 0.25) is 0 Å². The number of nitriles is 3. The number of H-pyrrole nitrogens is 3. The molecule has 18 rings (SSSR count). The van der Waals surface area contributed by atoms with Gasteiger partial charge in [-0.05, 0) is 157 Å². The molecule has 0 spiro atoms. The van der Waals surface area contributed by atoms with Gasteiger partial charge in [0.15, 0.2) is 0 Å². The average Bonchev–Trinajstić information content (AvgIpc) is 1.63. The number of nitrogens with zero attached hydrogens (tertiary/aromatic N) is 9.